The van der Waals surface area contributed by atoms with Crippen LogP contribution < -0.4 is 0 Å². The highest BCUT2D eigenvalue weighted by Gasteiger charge is 2.17. The van der Waals surface area contributed by atoms with Crippen molar-refractivity contribution in [2.75, 3.05) is 0 Å². The normalized spacial score (nSPS) is 12.5. The summed E-state index contributed by atoms with van der Waals surface area (Å²) in [5, 5.41) is 9.06. The number of aromatic nitrogens is 2. The highest BCUT2D eigenvalue weighted by molar-refractivity contribution is 6.30. The summed E-state index contributed by atoms with van der Waals surface area (Å²) in [5.41, 5.74) is 3.40. The third kappa shape index (κ3) is 3.85. The Morgan fingerprint density at radius 2 is 1.58 bits per heavy atom. The van der Waals surface area contributed by atoms with E-state index in [1.807, 2.05) is 24.3 Å². The molecule has 0 amide bonds. The van der Waals surface area contributed by atoms with Gasteiger partial charge in [-0.2, -0.15) is 0 Å². The van der Waals surface area contributed by atoms with Crippen LogP contribution in [0.15, 0.2) is 52.9 Å². The van der Waals surface area contributed by atoms with Crippen LogP contribution in [0.3, 0.4) is 0 Å². The molecule has 1 atom stereocenters. The predicted octanol–water partition coefficient (Wildman–Crippen LogP) is 5.74. The Labute approximate surface area is 147 Å². The lowest BCUT2D eigenvalue weighted by Gasteiger charge is -2.09. The first-order valence-electron chi connectivity index (χ1n) is 8.21. The molecule has 24 heavy (non-hydrogen) atoms. The number of halogens is 1. The van der Waals surface area contributed by atoms with Crippen LogP contribution in [-0.2, 0) is 6.42 Å². The second kappa shape index (κ2) is 7.18. The van der Waals surface area contributed by atoms with Gasteiger partial charge in [0.05, 0.1) is 5.92 Å². The molecule has 1 unspecified atom stereocenters. The van der Waals surface area contributed by atoms with Gasteiger partial charge >= 0.3 is 0 Å². The van der Waals surface area contributed by atoms with E-state index in [4.69, 9.17) is 16.0 Å². The molecular formula is C20H21ClN2O. The van der Waals surface area contributed by atoms with Gasteiger partial charge in [-0.3, -0.25) is 0 Å². The summed E-state index contributed by atoms with van der Waals surface area (Å²) in [6.45, 7) is 6.54. The van der Waals surface area contributed by atoms with E-state index in [1.54, 1.807) is 0 Å². The van der Waals surface area contributed by atoms with Crippen molar-refractivity contribution in [2.24, 2.45) is 5.92 Å². The lowest BCUT2D eigenvalue weighted by molar-refractivity contribution is 0.490. The first-order valence-corrected chi connectivity index (χ1v) is 8.59. The Morgan fingerprint density at radius 3 is 2.21 bits per heavy atom. The molecule has 124 valence electrons. The van der Waals surface area contributed by atoms with Gasteiger partial charge in [0.1, 0.15) is 0 Å². The molecule has 0 spiro atoms. The molecule has 0 aliphatic carbocycles. The molecule has 0 fully saturated rings. The van der Waals surface area contributed by atoms with Gasteiger partial charge in [0, 0.05) is 10.6 Å². The first kappa shape index (κ1) is 16.7. The fraction of sp³-hybridized carbons (Fsp3) is 0.300. The van der Waals surface area contributed by atoms with E-state index in [0.29, 0.717) is 22.7 Å². The molecule has 1 heterocycles. The molecule has 3 aromatic rings. The second-order valence-corrected chi connectivity index (χ2v) is 6.95. The molecule has 2 aromatic carbocycles. The molecule has 3 rings (SSSR count). The summed E-state index contributed by atoms with van der Waals surface area (Å²) in [6.07, 6.45) is 1.09. The number of benzene rings is 2. The lowest BCUT2D eigenvalue weighted by atomic mass is 9.97. The average Bonchev–Trinajstić information content (AvgIpc) is 3.05. The summed E-state index contributed by atoms with van der Waals surface area (Å²) < 4.78 is 5.86. The molecule has 1 aromatic heterocycles. The van der Waals surface area contributed by atoms with E-state index in [9.17, 15) is 0 Å². The van der Waals surface area contributed by atoms with Gasteiger partial charge in [0.25, 0.3) is 0 Å². The summed E-state index contributed by atoms with van der Waals surface area (Å²) in [6, 6.07) is 16.1. The van der Waals surface area contributed by atoms with Crippen LogP contribution in [0.5, 0.6) is 0 Å². The predicted molar refractivity (Wildman–Crippen MR) is 97.2 cm³/mol. The van der Waals surface area contributed by atoms with Crippen molar-refractivity contribution in [2.45, 2.75) is 33.1 Å². The van der Waals surface area contributed by atoms with Gasteiger partial charge in [-0.05, 0) is 54.7 Å². The maximum Gasteiger partial charge on any atom is 0.247 e. The Bertz CT molecular complexity index is 791. The van der Waals surface area contributed by atoms with Crippen LogP contribution >= 0.6 is 11.6 Å². The van der Waals surface area contributed by atoms with E-state index in [2.05, 4.69) is 55.2 Å². The largest absolute Gasteiger partial charge is 0.420 e. The van der Waals surface area contributed by atoms with E-state index < -0.39 is 0 Å². The van der Waals surface area contributed by atoms with Crippen molar-refractivity contribution in [3.8, 4) is 11.5 Å². The molecule has 4 heteroatoms. The van der Waals surface area contributed by atoms with Crippen LogP contribution in [0.25, 0.3) is 11.5 Å². The molecular weight excluding hydrogens is 320 g/mol. The first-order chi connectivity index (χ1) is 11.5. The topological polar surface area (TPSA) is 38.9 Å². The molecule has 0 radical (unpaired) electrons. The summed E-state index contributed by atoms with van der Waals surface area (Å²) in [7, 11) is 0. The maximum absolute atomic E-state index is 5.91. The standard InChI is InChI=1S/C20H21ClN2O/c1-13(2)12-15-4-6-16(7-5-15)14(3)19-22-23-20(24-19)17-8-10-18(21)11-9-17/h4-11,13-14H,12H2,1-3H3. The van der Waals surface area contributed by atoms with Gasteiger partial charge < -0.3 is 4.42 Å². The zero-order chi connectivity index (χ0) is 17.1. The summed E-state index contributed by atoms with van der Waals surface area (Å²) in [4.78, 5) is 0. The third-order valence-corrected chi connectivity index (χ3v) is 4.28. The van der Waals surface area contributed by atoms with Crippen molar-refractivity contribution < 1.29 is 4.42 Å². The van der Waals surface area contributed by atoms with Crippen molar-refractivity contribution in [3.05, 3.63) is 70.6 Å². The Balaban J connectivity index is 1.78. The second-order valence-electron chi connectivity index (χ2n) is 6.51. The Morgan fingerprint density at radius 1 is 0.917 bits per heavy atom. The number of hydrogen-bond donors (Lipinski definition) is 0. The third-order valence-electron chi connectivity index (χ3n) is 4.03. The minimum Gasteiger partial charge on any atom is -0.420 e. The zero-order valence-electron chi connectivity index (χ0n) is 14.2. The number of nitrogens with zero attached hydrogens (tertiary/aromatic N) is 2. The summed E-state index contributed by atoms with van der Waals surface area (Å²) in [5.74, 6) is 1.86. The SMILES string of the molecule is CC(C)Cc1ccc(C(C)c2nnc(-c3ccc(Cl)cc3)o2)cc1. The van der Waals surface area contributed by atoms with Crippen LogP contribution in [0.4, 0.5) is 0 Å². The van der Waals surface area contributed by atoms with Crippen LogP contribution in [0.2, 0.25) is 5.02 Å². The quantitative estimate of drug-likeness (QED) is 0.594. The molecule has 0 bridgehead atoms. The lowest BCUT2D eigenvalue weighted by Crippen LogP contribution is -1.98. The molecule has 0 N–H and O–H groups in total. The monoisotopic (exact) mass is 340 g/mol. The van der Waals surface area contributed by atoms with Gasteiger partial charge in [-0.25, -0.2) is 0 Å². The van der Waals surface area contributed by atoms with Crippen molar-refractivity contribution in [1.82, 2.24) is 10.2 Å². The van der Waals surface area contributed by atoms with Crippen LogP contribution in [0.1, 0.15) is 43.7 Å². The van der Waals surface area contributed by atoms with E-state index in [0.717, 1.165) is 12.0 Å². The molecule has 0 saturated heterocycles. The van der Waals surface area contributed by atoms with Crippen molar-refractivity contribution in [3.63, 3.8) is 0 Å². The highest BCUT2D eigenvalue weighted by atomic mass is 35.5. The van der Waals surface area contributed by atoms with E-state index in [1.165, 1.54) is 11.1 Å². The molecule has 0 aliphatic rings. The van der Waals surface area contributed by atoms with Gasteiger partial charge in [-0.1, -0.05) is 49.7 Å². The Hall–Kier alpha value is -2.13. The zero-order valence-corrected chi connectivity index (χ0v) is 14.9. The average molecular weight is 341 g/mol. The van der Waals surface area contributed by atoms with Crippen LogP contribution in [-0.4, -0.2) is 10.2 Å². The molecule has 3 nitrogen and oxygen atoms in total. The van der Waals surface area contributed by atoms with Crippen LogP contribution in [0, 0.1) is 5.92 Å². The van der Waals surface area contributed by atoms with E-state index in [-0.39, 0.29) is 5.92 Å². The summed E-state index contributed by atoms with van der Waals surface area (Å²) >= 11 is 5.91. The minimum absolute atomic E-state index is 0.0617. The molecule has 0 aliphatic heterocycles. The number of rotatable bonds is 5. The fourth-order valence-corrected chi connectivity index (χ4v) is 2.80. The van der Waals surface area contributed by atoms with Gasteiger partial charge in [0.15, 0.2) is 0 Å². The number of hydrogen-bond acceptors (Lipinski definition) is 3. The fourth-order valence-electron chi connectivity index (χ4n) is 2.68. The maximum atomic E-state index is 5.91. The highest BCUT2D eigenvalue weighted by Crippen LogP contribution is 2.27. The van der Waals surface area contributed by atoms with Crippen molar-refractivity contribution >= 4 is 11.6 Å². The van der Waals surface area contributed by atoms with Crippen molar-refractivity contribution in [1.29, 1.82) is 0 Å². The Kier molecular flexibility index (Phi) is 5.00. The van der Waals surface area contributed by atoms with Gasteiger partial charge in [-0.15, -0.1) is 10.2 Å². The minimum atomic E-state index is 0.0617. The molecule has 0 saturated carbocycles. The smallest absolute Gasteiger partial charge is 0.247 e. The van der Waals surface area contributed by atoms with E-state index >= 15 is 0 Å². The van der Waals surface area contributed by atoms with Gasteiger partial charge in [0.2, 0.25) is 11.8 Å².